The molecular formula is C13H14N4O4. The third-order valence-corrected chi connectivity index (χ3v) is 3.34. The number of anilines is 1. The Bertz CT molecular complexity index is 719. The molecule has 0 radical (unpaired) electrons. The summed E-state index contributed by atoms with van der Waals surface area (Å²) in [5.74, 6) is 0. The topological polar surface area (TPSA) is 89.6 Å². The van der Waals surface area contributed by atoms with Crippen LogP contribution >= 0.6 is 0 Å². The van der Waals surface area contributed by atoms with Crippen molar-refractivity contribution in [2.45, 2.75) is 6.10 Å². The van der Waals surface area contributed by atoms with E-state index in [0.29, 0.717) is 17.9 Å². The van der Waals surface area contributed by atoms with Crippen molar-refractivity contribution in [2.75, 3.05) is 18.1 Å². The smallest absolute Gasteiger partial charge is 0.414 e. The molecule has 0 unspecified atom stereocenters. The monoisotopic (exact) mass is 290 g/mol. The molecule has 1 N–H and O–H groups in total. The molecular weight excluding hydrogens is 276 g/mol. The molecule has 0 bridgehead atoms. The van der Waals surface area contributed by atoms with Gasteiger partial charge in [-0.15, -0.1) is 0 Å². The average Bonchev–Trinajstić information content (AvgIpc) is 3.03. The largest absolute Gasteiger partial charge is 0.441 e. The molecule has 21 heavy (non-hydrogen) atoms. The highest BCUT2D eigenvalue weighted by molar-refractivity contribution is 5.89. The first-order valence-corrected chi connectivity index (χ1v) is 6.40. The zero-order valence-corrected chi connectivity index (χ0v) is 11.3. The second-order valence-electron chi connectivity index (χ2n) is 4.72. The molecule has 1 atom stereocenters. The predicted octanol–water partition coefficient (Wildman–Crippen LogP) is -0.111. The van der Waals surface area contributed by atoms with Crippen LogP contribution < -0.4 is 10.6 Å². The third kappa shape index (κ3) is 2.29. The number of amides is 1. The van der Waals surface area contributed by atoms with Crippen LogP contribution in [0.5, 0.6) is 0 Å². The van der Waals surface area contributed by atoms with Crippen LogP contribution in [0, 0.1) is 0 Å². The van der Waals surface area contributed by atoms with Gasteiger partial charge in [-0.3, -0.25) is 4.90 Å². The molecule has 2 heterocycles. The zero-order valence-electron chi connectivity index (χ0n) is 11.3. The van der Waals surface area contributed by atoms with Gasteiger partial charge in [0.05, 0.1) is 18.8 Å². The number of hydrogen-bond donors (Lipinski definition) is 1. The number of carbonyl (C=O) groups is 1. The van der Waals surface area contributed by atoms with Gasteiger partial charge < -0.3 is 9.84 Å². The molecule has 1 amide bonds. The van der Waals surface area contributed by atoms with Gasteiger partial charge in [0.1, 0.15) is 12.4 Å². The highest BCUT2D eigenvalue weighted by Gasteiger charge is 2.31. The Morgan fingerprint density at radius 3 is 2.48 bits per heavy atom. The van der Waals surface area contributed by atoms with E-state index in [1.54, 1.807) is 31.3 Å². The molecule has 1 fully saturated rings. The first-order chi connectivity index (χ1) is 10.1. The number of aryl methyl sites for hydroxylation is 1. The van der Waals surface area contributed by atoms with Crippen molar-refractivity contribution < 1.29 is 14.6 Å². The van der Waals surface area contributed by atoms with Crippen LogP contribution in [0.3, 0.4) is 0 Å². The molecule has 8 heteroatoms. The number of carbonyl (C=O) groups excluding carboxylic acids is 1. The fraction of sp³-hybridized carbons (Fsp3) is 0.308. The van der Waals surface area contributed by atoms with Crippen LogP contribution in [0.25, 0.3) is 5.69 Å². The summed E-state index contributed by atoms with van der Waals surface area (Å²) in [5, 5.41) is 12.9. The summed E-state index contributed by atoms with van der Waals surface area (Å²) < 4.78 is 7.62. The summed E-state index contributed by atoms with van der Waals surface area (Å²) in [4.78, 5) is 24.9. The van der Waals surface area contributed by atoms with Crippen LogP contribution in [-0.4, -0.2) is 44.8 Å². The predicted molar refractivity (Wildman–Crippen MR) is 73.5 cm³/mol. The average molecular weight is 290 g/mol. The van der Waals surface area contributed by atoms with Gasteiger partial charge >= 0.3 is 11.8 Å². The zero-order chi connectivity index (χ0) is 15.0. The SMILES string of the molecule is Cn1ncn(-c2ccc(N3C[C@H](CO)OC3=O)cc2)c1=O. The summed E-state index contributed by atoms with van der Waals surface area (Å²) in [5.41, 5.74) is 1.06. The number of hydrogen-bond acceptors (Lipinski definition) is 5. The maximum absolute atomic E-state index is 11.8. The number of ether oxygens (including phenoxy) is 1. The van der Waals surface area contributed by atoms with Gasteiger partial charge in [0, 0.05) is 12.7 Å². The van der Waals surface area contributed by atoms with Crippen LogP contribution in [0.4, 0.5) is 10.5 Å². The minimum Gasteiger partial charge on any atom is -0.441 e. The molecule has 1 aromatic carbocycles. The fourth-order valence-electron chi connectivity index (χ4n) is 2.18. The maximum atomic E-state index is 11.8. The molecule has 1 aliphatic heterocycles. The van der Waals surface area contributed by atoms with E-state index in [1.807, 2.05) is 0 Å². The van der Waals surface area contributed by atoms with Gasteiger partial charge in [0.2, 0.25) is 0 Å². The second kappa shape index (κ2) is 5.06. The van der Waals surface area contributed by atoms with E-state index in [4.69, 9.17) is 9.84 Å². The minimum atomic E-state index is -0.502. The Morgan fingerprint density at radius 1 is 1.29 bits per heavy atom. The maximum Gasteiger partial charge on any atom is 0.414 e. The van der Waals surface area contributed by atoms with Crippen LogP contribution in [0.1, 0.15) is 0 Å². The molecule has 0 spiro atoms. The van der Waals surface area contributed by atoms with Crippen molar-refractivity contribution >= 4 is 11.8 Å². The standard InChI is InChI=1S/C13H14N4O4/c1-15-12(19)17(8-14-15)10-4-2-9(3-5-10)16-6-11(7-18)21-13(16)20/h2-5,8,11,18H,6-7H2,1H3/t11-/m1/s1. The molecule has 0 aliphatic carbocycles. The molecule has 2 aromatic rings. The summed E-state index contributed by atoms with van der Waals surface area (Å²) in [7, 11) is 1.57. The van der Waals surface area contributed by atoms with E-state index in [1.165, 1.54) is 20.5 Å². The molecule has 0 saturated carbocycles. The van der Waals surface area contributed by atoms with Crippen LogP contribution in [0.15, 0.2) is 35.4 Å². The summed E-state index contributed by atoms with van der Waals surface area (Å²) in [6, 6.07) is 6.88. The van der Waals surface area contributed by atoms with E-state index in [0.717, 1.165) is 0 Å². The van der Waals surface area contributed by atoms with Gasteiger partial charge in [-0.05, 0) is 24.3 Å². The molecule has 8 nitrogen and oxygen atoms in total. The highest BCUT2D eigenvalue weighted by atomic mass is 16.6. The molecule has 3 rings (SSSR count). The second-order valence-corrected chi connectivity index (χ2v) is 4.72. The van der Waals surface area contributed by atoms with Crippen molar-refractivity contribution in [2.24, 2.45) is 7.05 Å². The van der Waals surface area contributed by atoms with Crippen LogP contribution in [0.2, 0.25) is 0 Å². The van der Waals surface area contributed by atoms with Crippen molar-refractivity contribution in [3.05, 3.63) is 41.1 Å². The van der Waals surface area contributed by atoms with Gasteiger partial charge in [0.25, 0.3) is 0 Å². The number of aliphatic hydroxyl groups is 1. The van der Waals surface area contributed by atoms with Gasteiger partial charge in [-0.1, -0.05) is 0 Å². The number of nitrogens with zero attached hydrogens (tertiary/aromatic N) is 4. The van der Waals surface area contributed by atoms with Gasteiger partial charge in [-0.2, -0.15) is 5.10 Å². The Balaban J connectivity index is 1.86. The van der Waals surface area contributed by atoms with Gasteiger partial charge in [-0.25, -0.2) is 18.8 Å². The Kier molecular flexibility index (Phi) is 3.22. The molecule has 110 valence electrons. The fourth-order valence-corrected chi connectivity index (χ4v) is 2.18. The molecule has 1 aromatic heterocycles. The Morgan fingerprint density at radius 2 is 1.95 bits per heavy atom. The van der Waals surface area contributed by atoms with E-state index >= 15 is 0 Å². The quantitative estimate of drug-likeness (QED) is 0.852. The Hall–Kier alpha value is -2.61. The lowest BCUT2D eigenvalue weighted by atomic mass is 10.2. The number of rotatable bonds is 3. The summed E-state index contributed by atoms with van der Waals surface area (Å²) >= 11 is 0. The lowest BCUT2D eigenvalue weighted by molar-refractivity contribution is 0.0963. The Labute approximate surface area is 119 Å². The first kappa shape index (κ1) is 13.4. The lowest BCUT2D eigenvalue weighted by Crippen LogP contribution is -2.25. The highest BCUT2D eigenvalue weighted by Crippen LogP contribution is 2.22. The number of cyclic esters (lactones) is 1. The van der Waals surface area contributed by atoms with Gasteiger partial charge in [0.15, 0.2) is 0 Å². The lowest BCUT2D eigenvalue weighted by Gasteiger charge is -2.13. The van der Waals surface area contributed by atoms with Crippen molar-refractivity contribution in [1.29, 1.82) is 0 Å². The normalized spacial score (nSPS) is 18.1. The van der Waals surface area contributed by atoms with E-state index in [9.17, 15) is 9.59 Å². The van der Waals surface area contributed by atoms with E-state index in [2.05, 4.69) is 5.10 Å². The van der Waals surface area contributed by atoms with Crippen molar-refractivity contribution in [3.63, 3.8) is 0 Å². The number of aliphatic hydroxyl groups excluding tert-OH is 1. The molecule has 1 saturated heterocycles. The number of benzene rings is 1. The minimum absolute atomic E-state index is 0.203. The van der Waals surface area contributed by atoms with E-state index < -0.39 is 12.2 Å². The van der Waals surface area contributed by atoms with Crippen molar-refractivity contribution in [1.82, 2.24) is 14.3 Å². The van der Waals surface area contributed by atoms with Crippen molar-refractivity contribution in [3.8, 4) is 5.69 Å². The molecule has 1 aliphatic rings. The van der Waals surface area contributed by atoms with E-state index in [-0.39, 0.29) is 12.3 Å². The van der Waals surface area contributed by atoms with Crippen LogP contribution in [-0.2, 0) is 11.8 Å². The first-order valence-electron chi connectivity index (χ1n) is 6.40. The summed E-state index contributed by atoms with van der Waals surface area (Å²) in [6.45, 7) is 0.104. The summed E-state index contributed by atoms with van der Waals surface area (Å²) in [6.07, 6.45) is 0.446. The third-order valence-electron chi connectivity index (χ3n) is 3.34. The number of aromatic nitrogens is 3.